The third kappa shape index (κ3) is 4.24. The molecule has 0 bridgehead atoms. The van der Waals surface area contributed by atoms with Crippen molar-refractivity contribution < 1.29 is 9.59 Å². The molecular weight excluding hydrogens is 354 g/mol. The van der Waals surface area contributed by atoms with Crippen molar-refractivity contribution in [3.05, 3.63) is 36.3 Å². The number of carbonyl (C=O) groups excluding carboxylic acids is 2. The van der Waals surface area contributed by atoms with Crippen LogP contribution < -0.4 is 5.32 Å². The van der Waals surface area contributed by atoms with Gasteiger partial charge >= 0.3 is 0 Å². The van der Waals surface area contributed by atoms with Gasteiger partial charge in [0.1, 0.15) is 5.69 Å². The van der Waals surface area contributed by atoms with Gasteiger partial charge in [-0.2, -0.15) is 5.10 Å². The number of piperidine rings is 1. The lowest BCUT2D eigenvalue weighted by Gasteiger charge is -2.33. The predicted molar refractivity (Wildman–Crippen MR) is 105 cm³/mol. The number of rotatable bonds is 4. The molecule has 2 aromatic rings. The molecule has 148 valence electrons. The van der Waals surface area contributed by atoms with E-state index in [4.69, 9.17) is 0 Å². The maximum absolute atomic E-state index is 12.9. The van der Waals surface area contributed by atoms with Gasteiger partial charge in [0.15, 0.2) is 0 Å². The number of carbonyl (C=O) groups is 2. The molecule has 1 saturated carbocycles. The summed E-state index contributed by atoms with van der Waals surface area (Å²) >= 11 is 0. The van der Waals surface area contributed by atoms with Gasteiger partial charge in [0.2, 0.25) is 5.91 Å². The molecule has 2 N–H and O–H groups in total. The molecule has 0 spiro atoms. The molecule has 7 heteroatoms. The number of hydrogen-bond acceptors (Lipinski definition) is 4. The van der Waals surface area contributed by atoms with E-state index in [1.165, 1.54) is 19.3 Å². The number of nitrogens with zero attached hydrogens (tertiary/aromatic N) is 3. The highest BCUT2D eigenvalue weighted by molar-refractivity contribution is 5.94. The summed E-state index contributed by atoms with van der Waals surface area (Å²) in [5.41, 5.74) is 2.01. The van der Waals surface area contributed by atoms with Gasteiger partial charge in [-0.05, 0) is 43.9 Å². The van der Waals surface area contributed by atoms with Crippen LogP contribution in [0, 0.1) is 5.92 Å². The molecule has 2 aliphatic rings. The SMILES string of the molecule is O=C(NC1CCCCC1)[C@H]1CCCN(C(=O)c2cc(-c3cccnc3)n[nH]2)C1. The van der Waals surface area contributed by atoms with E-state index in [0.717, 1.165) is 31.2 Å². The molecule has 2 aromatic heterocycles. The number of hydrogen-bond donors (Lipinski definition) is 2. The zero-order valence-corrected chi connectivity index (χ0v) is 16.1. The maximum atomic E-state index is 12.9. The van der Waals surface area contributed by atoms with Gasteiger partial charge in [0.05, 0.1) is 11.6 Å². The second-order valence-corrected chi connectivity index (χ2v) is 7.84. The number of aromatic nitrogens is 3. The van der Waals surface area contributed by atoms with Crippen LogP contribution in [0.3, 0.4) is 0 Å². The summed E-state index contributed by atoms with van der Waals surface area (Å²) in [4.78, 5) is 31.5. The van der Waals surface area contributed by atoms with Crippen LogP contribution in [-0.4, -0.2) is 51.0 Å². The van der Waals surface area contributed by atoms with Gasteiger partial charge in [-0.25, -0.2) is 0 Å². The van der Waals surface area contributed by atoms with Gasteiger partial charge < -0.3 is 10.2 Å². The normalized spacial score (nSPS) is 20.7. The molecule has 0 aromatic carbocycles. The van der Waals surface area contributed by atoms with E-state index in [9.17, 15) is 9.59 Å². The van der Waals surface area contributed by atoms with Crippen LogP contribution in [0.1, 0.15) is 55.4 Å². The number of H-pyrrole nitrogens is 1. The van der Waals surface area contributed by atoms with Crippen molar-refractivity contribution in [3.8, 4) is 11.3 Å². The number of likely N-dealkylation sites (tertiary alicyclic amines) is 1. The van der Waals surface area contributed by atoms with Crippen LogP contribution >= 0.6 is 0 Å². The Balaban J connectivity index is 1.38. The van der Waals surface area contributed by atoms with Gasteiger partial charge in [0.25, 0.3) is 5.91 Å². The number of nitrogens with one attached hydrogen (secondary N) is 2. The number of pyridine rings is 1. The van der Waals surface area contributed by atoms with Crippen molar-refractivity contribution in [2.75, 3.05) is 13.1 Å². The fourth-order valence-electron chi connectivity index (χ4n) is 4.21. The van der Waals surface area contributed by atoms with Crippen molar-refractivity contribution in [1.82, 2.24) is 25.4 Å². The molecule has 1 aliphatic carbocycles. The summed E-state index contributed by atoms with van der Waals surface area (Å²) in [6, 6.07) is 5.81. The Hall–Kier alpha value is -2.70. The van der Waals surface area contributed by atoms with E-state index in [1.54, 1.807) is 23.4 Å². The van der Waals surface area contributed by atoms with E-state index < -0.39 is 0 Å². The summed E-state index contributed by atoms with van der Waals surface area (Å²) in [5, 5.41) is 10.3. The first-order chi connectivity index (χ1) is 13.7. The Labute approximate surface area is 164 Å². The van der Waals surface area contributed by atoms with E-state index in [-0.39, 0.29) is 17.7 Å². The van der Waals surface area contributed by atoms with Crippen LogP contribution in [0.5, 0.6) is 0 Å². The Kier molecular flexibility index (Phi) is 5.69. The van der Waals surface area contributed by atoms with E-state index in [1.807, 2.05) is 12.1 Å². The minimum Gasteiger partial charge on any atom is -0.353 e. The van der Waals surface area contributed by atoms with Gasteiger partial charge in [-0.3, -0.25) is 19.7 Å². The van der Waals surface area contributed by atoms with Crippen LogP contribution in [0.25, 0.3) is 11.3 Å². The molecule has 2 fully saturated rings. The monoisotopic (exact) mass is 381 g/mol. The zero-order chi connectivity index (χ0) is 19.3. The largest absolute Gasteiger partial charge is 0.353 e. The summed E-state index contributed by atoms with van der Waals surface area (Å²) in [5.74, 6) is -0.122. The molecule has 1 aliphatic heterocycles. The second-order valence-electron chi connectivity index (χ2n) is 7.84. The van der Waals surface area contributed by atoms with Crippen molar-refractivity contribution in [3.63, 3.8) is 0 Å². The van der Waals surface area contributed by atoms with Crippen molar-refractivity contribution in [2.45, 2.75) is 51.0 Å². The minimum atomic E-state index is -0.125. The summed E-state index contributed by atoms with van der Waals surface area (Å²) in [6.45, 7) is 1.14. The zero-order valence-electron chi connectivity index (χ0n) is 16.1. The first-order valence-corrected chi connectivity index (χ1v) is 10.3. The predicted octanol–water partition coefficient (Wildman–Crippen LogP) is 2.77. The smallest absolute Gasteiger partial charge is 0.271 e. The number of aromatic amines is 1. The lowest BCUT2D eigenvalue weighted by atomic mass is 9.93. The lowest BCUT2D eigenvalue weighted by Crippen LogP contribution is -2.48. The van der Waals surface area contributed by atoms with Crippen molar-refractivity contribution in [2.24, 2.45) is 5.92 Å². The third-order valence-electron chi connectivity index (χ3n) is 5.80. The molecule has 7 nitrogen and oxygen atoms in total. The summed E-state index contributed by atoms with van der Waals surface area (Å²) in [6.07, 6.45) is 10.9. The van der Waals surface area contributed by atoms with Gasteiger partial charge in [-0.15, -0.1) is 0 Å². The molecule has 1 saturated heterocycles. The summed E-state index contributed by atoms with van der Waals surface area (Å²) < 4.78 is 0. The Morgan fingerprint density at radius 2 is 2.00 bits per heavy atom. The topological polar surface area (TPSA) is 91.0 Å². The molecular formula is C21H27N5O2. The first-order valence-electron chi connectivity index (χ1n) is 10.3. The van der Waals surface area contributed by atoms with Gasteiger partial charge in [-0.1, -0.05) is 19.3 Å². The number of amides is 2. The first kappa shape index (κ1) is 18.7. The van der Waals surface area contributed by atoms with E-state index in [0.29, 0.717) is 30.5 Å². The standard InChI is InChI=1S/C21H27N5O2/c27-20(23-17-8-2-1-3-9-17)16-7-5-11-26(14-16)21(28)19-12-18(24-25-19)15-6-4-10-22-13-15/h4,6,10,12-13,16-17H,1-3,5,7-9,11,14H2,(H,23,27)(H,24,25)/t16-/m0/s1. The molecule has 3 heterocycles. The van der Waals surface area contributed by atoms with E-state index >= 15 is 0 Å². The van der Waals surface area contributed by atoms with Crippen LogP contribution in [0.15, 0.2) is 30.6 Å². The molecule has 2 amide bonds. The Morgan fingerprint density at radius 3 is 2.79 bits per heavy atom. The van der Waals surface area contributed by atoms with Crippen LogP contribution in [0.4, 0.5) is 0 Å². The molecule has 1 atom stereocenters. The van der Waals surface area contributed by atoms with Crippen molar-refractivity contribution in [1.29, 1.82) is 0 Å². The quantitative estimate of drug-likeness (QED) is 0.852. The molecule has 0 radical (unpaired) electrons. The molecule has 28 heavy (non-hydrogen) atoms. The van der Waals surface area contributed by atoms with Crippen LogP contribution in [-0.2, 0) is 4.79 Å². The highest BCUT2D eigenvalue weighted by Gasteiger charge is 2.30. The summed E-state index contributed by atoms with van der Waals surface area (Å²) in [7, 11) is 0. The average molecular weight is 381 g/mol. The minimum absolute atomic E-state index is 0.0993. The van der Waals surface area contributed by atoms with Gasteiger partial charge in [0, 0.05) is 37.1 Å². The molecule has 0 unspecified atom stereocenters. The fourth-order valence-corrected chi connectivity index (χ4v) is 4.21. The lowest BCUT2D eigenvalue weighted by molar-refractivity contribution is -0.127. The Bertz CT molecular complexity index is 813. The third-order valence-corrected chi connectivity index (χ3v) is 5.80. The highest BCUT2D eigenvalue weighted by atomic mass is 16.2. The average Bonchev–Trinajstić information content (AvgIpc) is 3.25. The van der Waals surface area contributed by atoms with Crippen LogP contribution in [0.2, 0.25) is 0 Å². The maximum Gasteiger partial charge on any atom is 0.271 e. The van der Waals surface area contributed by atoms with E-state index in [2.05, 4.69) is 20.5 Å². The van der Waals surface area contributed by atoms with Crippen molar-refractivity contribution >= 4 is 11.8 Å². The molecule has 4 rings (SSSR count). The highest BCUT2D eigenvalue weighted by Crippen LogP contribution is 2.22. The Morgan fingerprint density at radius 1 is 1.14 bits per heavy atom. The fraction of sp³-hybridized carbons (Fsp3) is 0.524. The second kappa shape index (κ2) is 8.54.